The Bertz CT molecular complexity index is 1520. The van der Waals surface area contributed by atoms with Crippen LogP contribution in [-0.4, -0.2) is 35.1 Å². The van der Waals surface area contributed by atoms with Crippen LogP contribution in [0.3, 0.4) is 0 Å². The van der Waals surface area contributed by atoms with Crippen molar-refractivity contribution in [2.75, 3.05) is 6.54 Å². The average Bonchev–Trinajstić information content (AvgIpc) is 3.03. The zero-order chi connectivity index (χ0) is 30.1. The van der Waals surface area contributed by atoms with Gasteiger partial charge in [0.2, 0.25) is 0 Å². The van der Waals surface area contributed by atoms with Crippen molar-refractivity contribution in [3.05, 3.63) is 131 Å². The number of hydrogen-bond acceptors (Lipinski definition) is 4. The van der Waals surface area contributed by atoms with Crippen molar-refractivity contribution >= 4 is 23.4 Å². The van der Waals surface area contributed by atoms with Crippen molar-refractivity contribution in [2.45, 2.75) is 44.9 Å². The second kappa shape index (κ2) is 14.2. The molecule has 0 aliphatic heterocycles. The Morgan fingerprint density at radius 2 is 1.24 bits per heavy atom. The third-order valence-corrected chi connectivity index (χ3v) is 7.60. The van der Waals surface area contributed by atoms with Gasteiger partial charge in [0.05, 0.1) is 12.3 Å². The van der Waals surface area contributed by atoms with Crippen LogP contribution >= 0.6 is 0 Å². The van der Waals surface area contributed by atoms with Gasteiger partial charge in [-0.15, -0.1) is 0 Å². The van der Waals surface area contributed by atoms with Gasteiger partial charge in [0.15, 0.2) is 11.6 Å². The number of carbonyl (C=O) groups is 4. The Labute approximate surface area is 246 Å². The highest BCUT2D eigenvalue weighted by atomic mass is 16.4. The number of carbonyl (C=O) groups excluding carboxylic acids is 3. The minimum atomic E-state index is -0.997. The lowest BCUT2D eigenvalue weighted by Crippen LogP contribution is -2.26. The highest BCUT2D eigenvalue weighted by Crippen LogP contribution is 2.29. The SMILES string of the molecule is CCC(C)c1ccc(C(=O)CC(C(=O)c2ccc(-c3ccccc3)cc2)c2ccc(C(=O)NCCC(=O)O)cc2)cc1. The molecule has 0 aromatic heterocycles. The van der Waals surface area contributed by atoms with Crippen LogP contribution in [0.25, 0.3) is 11.1 Å². The smallest absolute Gasteiger partial charge is 0.305 e. The van der Waals surface area contributed by atoms with Crippen LogP contribution in [0.2, 0.25) is 0 Å². The topological polar surface area (TPSA) is 101 Å². The molecule has 0 heterocycles. The Kier molecular flexibility index (Phi) is 10.2. The van der Waals surface area contributed by atoms with Gasteiger partial charge in [-0.1, -0.05) is 105 Å². The predicted molar refractivity (Wildman–Crippen MR) is 164 cm³/mol. The number of rotatable bonds is 13. The van der Waals surface area contributed by atoms with Crippen LogP contribution in [0.1, 0.15) is 87.1 Å². The molecule has 4 aromatic carbocycles. The molecule has 42 heavy (non-hydrogen) atoms. The number of hydrogen-bond donors (Lipinski definition) is 2. The summed E-state index contributed by atoms with van der Waals surface area (Å²) in [6.07, 6.45) is 0.802. The quantitative estimate of drug-likeness (QED) is 0.167. The molecule has 4 rings (SSSR count). The van der Waals surface area contributed by atoms with Crippen molar-refractivity contribution in [3.63, 3.8) is 0 Å². The fourth-order valence-electron chi connectivity index (χ4n) is 4.81. The molecule has 4 aromatic rings. The Morgan fingerprint density at radius 3 is 1.83 bits per heavy atom. The van der Waals surface area contributed by atoms with E-state index in [1.807, 2.05) is 66.7 Å². The van der Waals surface area contributed by atoms with Crippen LogP contribution < -0.4 is 5.32 Å². The molecule has 6 nitrogen and oxygen atoms in total. The molecule has 6 heteroatoms. The number of benzene rings is 4. The Balaban J connectivity index is 1.59. The summed E-state index contributed by atoms with van der Waals surface area (Å²) in [5.74, 6) is -2.08. The van der Waals surface area contributed by atoms with E-state index in [0.29, 0.717) is 28.2 Å². The maximum atomic E-state index is 13.9. The number of ketones is 2. The highest BCUT2D eigenvalue weighted by molar-refractivity contribution is 6.06. The molecule has 0 radical (unpaired) electrons. The summed E-state index contributed by atoms with van der Waals surface area (Å²) < 4.78 is 0. The largest absolute Gasteiger partial charge is 0.481 e. The predicted octanol–water partition coefficient (Wildman–Crippen LogP) is 7.31. The van der Waals surface area contributed by atoms with Crippen LogP contribution in [0.5, 0.6) is 0 Å². The van der Waals surface area contributed by atoms with Crippen molar-refractivity contribution in [2.24, 2.45) is 0 Å². The van der Waals surface area contributed by atoms with E-state index in [1.165, 1.54) is 0 Å². The average molecular weight is 562 g/mol. The lowest BCUT2D eigenvalue weighted by molar-refractivity contribution is -0.136. The van der Waals surface area contributed by atoms with Crippen molar-refractivity contribution in [3.8, 4) is 11.1 Å². The van der Waals surface area contributed by atoms with E-state index in [2.05, 4.69) is 19.2 Å². The van der Waals surface area contributed by atoms with E-state index in [1.54, 1.807) is 36.4 Å². The summed E-state index contributed by atoms with van der Waals surface area (Å²) in [5, 5.41) is 11.4. The van der Waals surface area contributed by atoms with Gasteiger partial charge in [-0.2, -0.15) is 0 Å². The number of nitrogens with one attached hydrogen (secondary N) is 1. The lowest BCUT2D eigenvalue weighted by atomic mass is 9.84. The maximum Gasteiger partial charge on any atom is 0.305 e. The van der Waals surface area contributed by atoms with Gasteiger partial charge in [-0.25, -0.2) is 0 Å². The molecule has 2 N–H and O–H groups in total. The van der Waals surface area contributed by atoms with Gasteiger partial charge in [0.25, 0.3) is 5.91 Å². The number of aliphatic carboxylic acids is 1. The summed E-state index contributed by atoms with van der Waals surface area (Å²) in [4.78, 5) is 50.5. The van der Waals surface area contributed by atoms with E-state index >= 15 is 0 Å². The Hall–Kier alpha value is -4.84. The number of carboxylic acids is 1. The van der Waals surface area contributed by atoms with Gasteiger partial charge >= 0.3 is 5.97 Å². The molecule has 1 amide bonds. The maximum absolute atomic E-state index is 13.9. The zero-order valence-electron chi connectivity index (χ0n) is 23.9. The van der Waals surface area contributed by atoms with Gasteiger partial charge in [0.1, 0.15) is 0 Å². The molecule has 214 valence electrons. The summed E-state index contributed by atoms with van der Waals surface area (Å²) in [5.41, 5.74) is 5.20. The lowest BCUT2D eigenvalue weighted by Gasteiger charge is -2.17. The number of Topliss-reactive ketones (excluding diaryl/α,β-unsaturated/α-hetero) is 2. The highest BCUT2D eigenvalue weighted by Gasteiger charge is 2.26. The number of amides is 1. The normalized spacial score (nSPS) is 12.2. The monoisotopic (exact) mass is 561 g/mol. The first kappa shape index (κ1) is 30.1. The minimum absolute atomic E-state index is 0.0142. The van der Waals surface area contributed by atoms with Crippen LogP contribution in [0, 0.1) is 0 Å². The van der Waals surface area contributed by atoms with Crippen LogP contribution in [-0.2, 0) is 4.79 Å². The molecule has 0 saturated heterocycles. The molecule has 0 spiro atoms. The molecule has 2 unspecified atom stereocenters. The van der Waals surface area contributed by atoms with Crippen molar-refractivity contribution in [1.82, 2.24) is 5.32 Å². The van der Waals surface area contributed by atoms with Gasteiger partial charge in [0, 0.05) is 29.7 Å². The first-order chi connectivity index (χ1) is 20.3. The zero-order valence-corrected chi connectivity index (χ0v) is 23.9. The third-order valence-electron chi connectivity index (χ3n) is 7.60. The molecule has 2 atom stereocenters. The van der Waals surface area contributed by atoms with Crippen molar-refractivity contribution in [1.29, 1.82) is 0 Å². The second-order valence-corrected chi connectivity index (χ2v) is 10.4. The third kappa shape index (κ3) is 7.67. The molecule has 0 fully saturated rings. The molecule has 0 bridgehead atoms. The van der Waals surface area contributed by atoms with E-state index in [9.17, 15) is 19.2 Å². The molecular weight excluding hydrogens is 526 g/mol. The van der Waals surface area contributed by atoms with E-state index < -0.39 is 17.8 Å². The first-order valence-electron chi connectivity index (χ1n) is 14.2. The van der Waals surface area contributed by atoms with E-state index in [0.717, 1.165) is 23.1 Å². The molecular formula is C36H35NO5. The molecule has 0 aliphatic carbocycles. The fraction of sp³-hybridized carbons (Fsp3) is 0.222. The summed E-state index contributed by atoms with van der Waals surface area (Å²) in [6.45, 7) is 4.28. The van der Waals surface area contributed by atoms with E-state index in [4.69, 9.17) is 5.11 Å². The number of carboxylic acid groups (broad SMARTS) is 1. The standard InChI is InChI=1S/C36H35NO5/c1-3-24(2)25-9-15-29(16-10-25)33(38)23-32(28-13-19-31(20-14-28)36(42)37-22-21-34(39)40)35(41)30-17-11-27(12-18-30)26-7-5-4-6-8-26/h4-20,24,32H,3,21-23H2,1-2H3,(H,37,42)(H,39,40). The summed E-state index contributed by atoms with van der Waals surface area (Å²) in [6, 6.07) is 31.4. The van der Waals surface area contributed by atoms with Crippen LogP contribution in [0.4, 0.5) is 0 Å². The van der Waals surface area contributed by atoms with Crippen LogP contribution in [0.15, 0.2) is 103 Å². The first-order valence-corrected chi connectivity index (χ1v) is 14.2. The van der Waals surface area contributed by atoms with E-state index in [-0.39, 0.29) is 31.0 Å². The second-order valence-electron chi connectivity index (χ2n) is 10.4. The molecule has 0 saturated carbocycles. The summed E-state index contributed by atoms with van der Waals surface area (Å²) >= 11 is 0. The fourth-order valence-corrected chi connectivity index (χ4v) is 4.81. The molecule has 0 aliphatic rings. The Morgan fingerprint density at radius 1 is 0.690 bits per heavy atom. The van der Waals surface area contributed by atoms with Gasteiger partial charge in [-0.05, 0) is 46.7 Å². The van der Waals surface area contributed by atoms with Gasteiger partial charge < -0.3 is 10.4 Å². The van der Waals surface area contributed by atoms with Crippen molar-refractivity contribution < 1.29 is 24.3 Å². The minimum Gasteiger partial charge on any atom is -0.481 e. The summed E-state index contributed by atoms with van der Waals surface area (Å²) in [7, 11) is 0. The van der Waals surface area contributed by atoms with Gasteiger partial charge in [-0.3, -0.25) is 19.2 Å².